The summed E-state index contributed by atoms with van der Waals surface area (Å²) in [6, 6.07) is 4.21. The van der Waals surface area contributed by atoms with E-state index in [0.717, 1.165) is 18.0 Å². The van der Waals surface area contributed by atoms with Gasteiger partial charge in [0.15, 0.2) is 0 Å². The predicted molar refractivity (Wildman–Crippen MR) is 74.1 cm³/mol. The highest BCUT2D eigenvalue weighted by Gasteiger charge is 2.04. The van der Waals surface area contributed by atoms with Gasteiger partial charge in [-0.3, -0.25) is 0 Å². The summed E-state index contributed by atoms with van der Waals surface area (Å²) >= 11 is 1.74. The van der Waals surface area contributed by atoms with Crippen LogP contribution < -0.4 is 0 Å². The van der Waals surface area contributed by atoms with Crippen LogP contribution >= 0.6 is 11.3 Å². The Balaban J connectivity index is 2.48. The van der Waals surface area contributed by atoms with Crippen molar-refractivity contribution in [1.29, 1.82) is 0 Å². The number of hydrogen-bond donors (Lipinski definition) is 1. The van der Waals surface area contributed by atoms with Crippen LogP contribution in [0, 0.1) is 17.8 Å². The molecule has 1 rings (SSSR count). The van der Waals surface area contributed by atoms with Crippen molar-refractivity contribution in [3.63, 3.8) is 0 Å². The summed E-state index contributed by atoms with van der Waals surface area (Å²) in [7, 11) is 2.15. The lowest BCUT2D eigenvalue weighted by atomic mass is 10.2. The zero-order valence-corrected chi connectivity index (χ0v) is 11.7. The van der Waals surface area contributed by atoms with E-state index >= 15 is 0 Å². The molecule has 0 aliphatic heterocycles. The van der Waals surface area contributed by atoms with E-state index in [4.69, 9.17) is 5.11 Å². The number of aliphatic hydroxyl groups excluding tert-OH is 1. The van der Waals surface area contributed by atoms with Crippen molar-refractivity contribution in [3.8, 4) is 11.8 Å². The molecule has 0 unspecified atom stereocenters. The average Bonchev–Trinajstić information content (AvgIpc) is 2.64. The van der Waals surface area contributed by atoms with Crippen LogP contribution in [-0.4, -0.2) is 30.2 Å². The van der Waals surface area contributed by atoms with Gasteiger partial charge in [-0.05, 0) is 25.1 Å². The largest absolute Gasteiger partial charge is 0.395 e. The fourth-order valence-electron chi connectivity index (χ4n) is 1.69. The monoisotopic (exact) mass is 251 g/mol. The van der Waals surface area contributed by atoms with E-state index in [1.54, 1.807) is 11.3 Å². The zero-order chi connectivity index (χ0) is 12.7. The molecular weight excluding hydrogens is 230 g/mol. The van der Waals surface area contributed by atoms with Crippen LogP contribution in [0.15, 0.2) is 12.1 Å². The minimum absolute atomic E-state index is 0.141. The lowest BCUT2D eigenvalue weighted by Crippen LogP contribution is -2.22. The molecule has 3 heteroatoms. The number of thiophene rings is 1. The van der Waals surface area contributed by atoms with Crippen LogP contribution in [0.2, 0.25) is 0 Å². The second kappa shape index (κ2) is 7.50. The van der Waals surface area contributed by atoms with Crippen molar-refractivity contribution in [2.75, 3.05) is 20.2 Å². The Morgan fingerprint density at radius 2 is 2.18 bits per heavy atom. The van der Waals surface area contributed by atoms with Gasteiger partial charge in [0, 0.05) is 24.4 Å². The van der Waals surface area contributed by atoms with E-state index in [-0.39, 0.29) is 6.61 Å². The Kier molecular flexibility index (Phi) is 6.28. The minimum atomic E-state index is 0.141. The molecule has 0 radical (unpaired) electrons. The van der Waals surface area contributed by atoms with E-state index in [0.29, 0.717) is 12.3 Å². The van der Waals surface area contributed by atoms with E-state index in [1.807, 2.05) is 0 Å². The predicted octanol–water partition coefficient (Wildman–Crippen LogP) is 2.57. The van der Waals surface area contributed by atoms with Crippen molar-refractivity contribution in [3.05, 3.63) is 21.9 Å². The molecule has 0 aliphatic carbocycles. The minimum Gasteiger partial charge on any atom is -0.395 e. The topological polar surface area (TPSA) is 23.5 Å². The van der Waals surface area contributed by atoms with Crippen LogP contribution in [0.25, 0.3) is 0 Å². The Labute approximate surface area is 108 Å². The molecule has 1 N–H and O–H groups in total. The zero-order valence-electron chi connectivity index (χ0n) is 10.9. The molecule has 0 aromatic carbocycles. The van der Waals surface area contributed by atoms with Crippen LogP contribution in [0.3, 0.4) is 0 Å². The molecule has 0 amide bonds. The van der Waals surface area contributed by atoms with E-state index in [1.165, 1.54) is 4.88 Å². The highest BCUT2D eigenvalue weighted by molar-refractivity contribution is 7.12. The van der Waals surface area contributed by atoms with Gasteiger partial charge >= 0.3 is 0 Å². The van der Waals surface area contributed by atoms with Crippen molar-refractivity contribution >= 4 is 11.3 Å². The van der Waals surface area contributed by atoms with Gasteiger partial charge in [0.05, 0.1) is 11.5 Å². The normalized spacial score (nSPS) is 10.7. The van der Waals surface area contributed by atoms with E-state index in [9.17, 15) is 0 Å². The maximum Gasteiger partial charge on any atom is 0.0771 e. The first-order valence-corrected chi connectivity index (χ1v) is 6.80. The smallest absolute Gasteiger partial charge is 0.0771 e. The summed E-state index contributed by atoms with van der Waals surface area (Å²) in [5.41, 5.74) is 0. The third-order valence-corrected chi connectivity index (χ3v) is 3.20. The van der Waals surface area contributed by atoms with E-state index in [2.05, 4.69) is 49.8 Å². The number of aliphatic hydroxyl groups is 1. The average molecular weight is 251 g/mol. The van der Waals surface area contributed by atoms with Crippen LogP contribution in [0.4, 0.5) is 0 Å². The Morgan fingerprint density at radius 1 is 1.41 bits per heavy atom. The highest BCUT2D eigenvalue weighted by Crippen LogP contribution is 2.17. The lowest BCUT2D eigenvalue weighted by molar-refractivity contribution is 0.291. The first-order chi connectivity index (χ1) is 8.11. The van der Waals surface area contributed by atoms with Gasteiger partial charge < -0.3 is 10.0 Å². The molecule has 1 aromatic heterocycles. The van der Waals surface area contributed by atoms with Gasteiger partial charge in [-0.25, -0.2) is 0 Å². The molecule has 0 aliphatic rings. The van der Waals surface area contributed by atoms with Crippen molar-refractivity contribution in [2.24, 2.45) is 5.92 Å². The fraction of sp³-hybridized carbons (Fsp3) is 0.571. The molecule has 17 heavy (non-hydrogen) atoms. The molecule has 94 valence electrons. The van der Waals surface area contributed by atoms with Crippen LogP contribution in [0.1, 0.15) is 30.0 Å². The lowest BCUT2D eigenvalue weighted by Gasteiger charge is -2.17. The number of nitrogens with zero attached hydrogens (tertiary/aromatic N) is 1. The fourth-order valence-corrected chi connectivity index (χ4v) is 2.65. The maximum absolute atomic E-state index is 8.65. The SMILES string of the molecule is CC(C)CN(C)Cc1ccc(C#CCCO)s1. The summed E-state index contributed by atoms with van der Waals surface area (Å²) in [5, 5.41) is 8.65. The molecular formula is C14H21NOS. The molecule has 0 bridgehead atoms. The molecule has 1 aromatic rings. The maximum atomic E-state index is 8.65. The molecule has 2 nitrogen and oxygen atoms in total. The van der Waals surface area contributed by atoms with Crippen molar-refractivity contribution < 1.29 is 5.11 Å². The highest BCUT2D eigenvalue weighted by atomic mass is 32.1. The van der Waals surface area contributed by atoms with Gasteiger partial charge in [-0.1, -0.05) is 25.7 Å². The Hall–Kier alpha value is -0.820. The van der Waals surface area contributed by atoms with Gasteiger partial charge in [-0.15, -0.1) is 11.3 Å². The third-order valence-electron chi connectivity index (χ3n) is 2.21. The third kappa shape index (κ3) is 5.88. The number of rotatable bonds is 5. The second-order valence-electron chi connectivity index (χ2n) is 4.63. The first-order valence-electron chi connectivity index (χ1n) is 5.98. The molecule has 0 saturated heterocycles. The van der Waals surface area contributed by atoms with Gasteiger partial charge in [-0.2, -0.15) is 0 Å². The summed E-state index contributed by atoms with van der Waals surface area (Å²) in [6.45, 7) is 6.71. The summed E-state index contributed by atoms with van der Waals surface area (Å²) in [4.78, 5) is 4.77. The molecule has 0 atom stereocenters. The number of hydrogen-bond acceptors (Lipinski definition) is 3. The Bertz CT molecular complexity index is 386. The summed E-state index contributed by atoms with van der Waals surface area (Å²) < 4.78 is 0. The summed E-state index contributed by atoms with van der Waals surface area (Å²) in [6.07, 6.45) is 0.556. The standard InChI is InChI=1S/C14H21NOS/c1-12(2)10-15(3)11-14-8-7-13(17-14)6-4-5-9-16/h7-8,12,16H,5,9-11H2,1-3H3. The molecule has 0 spiro atoms. The molecule has 0 fully saturated rings. The van der Waals surface area contributed by atoms with Crippen molar-refractivity contribution in [2.45, 2.75) is 26.8 Å². The van der Waals surface area contributed by atoms with Gasteiger partial charge in [0.2, 0.25) is 0 Å². The Morgan fingerprint density at radius 3 is 2.82 bits per heavy atom. The van der Waals surface area contributed by atoms with Gasteiger partial charge in [0.1, 0.15) is 0 Å². The van der Waals surface area contributed by atoms with Crippen LogP contribution in [0.5, 0.6) is 0 Å². The quantitative estimate of drug-likeness (QED) is 0.813. The van der Waals surface area contributed by atoms with Gasteiger partial charge in [0.25, 0.3) is 0 Å². The van der Waals surface area contributed by atoms with E-state index < -0.39 is 0 Å². The molecule has 1 heterocycles. The van der Waals surface area contributed by atoms with Crippen molar-refractivity contribution in [1.82, 2.24) is 4.90 Å². The molecule has 0 saturated carbocycles. The summed E-state index contributed by atoms with van der Waals surface area (Å²) in [5.74, 6) is 6.71. The second-order valence-corrected chi connectivity index (χ2v) is 5.80. The first kappa shape index (κ1) is 14.2. The van der Waals surface area contributed by atoms with Crippen LogP contribution in [-0.2, 0) is 6.54 Å².